The van der Waals surface area contributed by atoms with Crippen LogP contribution in [0.15, 0.2) is 18.2 Å². The molecule has 1 aromatic rings. The van der Waals surface area contributed by atoms with E-state index in [-0.39, 0.29) is 0 Å². The first-order valence-electron chi connectivity index (χ1n) is 5.70. The van der Waals surface area contributed by atoms with E-state index in [1.165, 1.54) is 4.31 Å². The molecule has 2 N–H and O–H groups in total. The first-order chi connectivity index (χ1) is 8.86. The van der Waals surface area contributed by atoms with Gasteiger partial charge in [-0.1, -0.05) is 11.6 Å². The fourth-order valence-electron chi connectivity index (χ4n) is 1.39. The molecule has 0 amide bonds. The monoisotopic (exact) mass is 417 g/mol. The van der Waals surface area contributed by atoms with Crippen LogP contribution in [0.25, 0.3) is 0 Å². The van der Waals surface area contributed by atoms with E-state index in [0.29, 0.717) is 17.3 Å². The Kier molecular flexibility index (Phi) is 6.81. The van der Waals surface area contributed by atoms with Crippen LogP contribution in [0.2, 0.25) is 5.02 Å². The van der Waals surface area contributed by atoms with Gasteiger partial charge in [-0.25, -0.2) is 0 Å². The fourth-order valence-corrected chi connectivity index (χ4v) is 3.33. The third kappa shape index (κ3) is 5.42. The molecule has 108 valence electrons. The Hall–Kier alpha value is -0.0900. The van der Waals surface area contributed by atoms with E-state index in [0.717, 1.165) is 16.5 Å². The fraction of sp³-hybridized carbons (Fsp3) is 0.455. The van der Waals surface area contributed by atoms with Gasteiger partial charge in [-0.15, -0.1) is 0 Å². The van der Waals surface area contributed by atoms with Gasteiger partial charge in [0, 0.05) is 17.2 Å². The van der Waals surface area contributed by atoms with Crippen LogP contribution < -0.4 is 10.0 Å². The van der Waals surface area contributed by atoms with Crippen molar-refractivity contribution < 1.29 is 8.42 Å². The van der Waals surface area contributed by atoms with E-state index < -0.39 is 10.2 Å². The van der Waals surface area contributed by atoms with Gasteiger partial charge in [0.2, 0.25) is 0 Å². The van der Waals surface area contributed by atoms with Gasteiger partial charge in [-0.3, -0.25) is 4.72 Å². The number of hydrogen-bond acceptors (Lipinski definition) is 3. The standard InChI is InChI=1S/C11H17ClIN3O2S/c1-14-6-3-7-16(2)19(17,18)15-11-5-4-9(13)8-10(11)12/h4-5,8,14-15H,3,6-7H2,1-2H3. The van der Waals surface area contributed by atoms with E-state index in [1.54, 1.807) is 25.2 Å². The molecule has 1 aromatic carbocycles. The summed E-state index contributed by atoms with van der Waals surface area (Å²) in [7, 11) is -0.189. The average Bonchev–Trinajstić information content (AvgIpc) is 2.33. The van der Waals surface area contributed by atoms with Crippen molar-refractivity contribution in [2.24, 2.45) is 0 Å². The van der Waals surface area contributed by atoms with Gasteiger partial charge >= 0.3 is 10.2 Å². The lowest BCUT2D eigenvalue weighted by molar-refractivity contribution is 0.462. The predicted octanol–water partition coefficient (Wildman–Crippen LogP) is 2.14. The van der Waals surface area contributed by atoms with E-state index in [4.69, 9.17) is 11.6 Å². The third-order valence-electron chi connectivity index (χ3n) is 2.48. The van der Waals surface area contributed by atoms with Gasteiger partial charge in [-0.2, -0.15) is 12.7 Å². The molecule has 5 nitrogen and oxygen atoms in total. The highest BCUT2D eigenvalue weighted by Crippen LogP contribution is 2.25. The second kappa shape index (κ2) is 7.63. The normalized spacial score (nSPS) is 11.8. The maximum absolute atomic E-state index is 12.1. The minimum absolute atomic E-state index is 0.388. The van der Waals surface area contributed by atoms with Crippen molar-refractivity contribution in [3.05, 3.63) is 26.8 Å². The van der Waals surface area contributed by atoms with Crippen molar-refractivity contribution in [2.75, 3.05) is 31.9 Å². The molecule has 0 radical (unpaired) electrons. The number of benzene rings is 1. The molecule has 0 spiro atoms. The van der Waals surface area contributed by atoms with Gasteiger partial charge < -0.3 is 5.32 Å². The minimum atomic E-state index is -3.56. The van der Waals surface area contributed by atoms with Crippen molar-refractivity contribution in [1.29, 1.82) is 0 Å². The van der Waals surface area contributed by atoms with Gasteiger partial charge in [0.1, 0.15) is 0 Å². The molecule has 0 fully saturated rings. The van der Waals surface area contributed by atoms with Gasteiger partial charge in [-0.05, 0) is 60.8 Å². The maximum Gasteiger partial charge on any atom is 0.301 e. The van der Waals surface area contributed by atoms with Crippen LogP contribution in [0.3, 0.4) is 0 Å². The number of rotatable bonds is 7. The summed E-state index contributed by atoms with van der Waals surface area (Å²) in [5, 5.41) is 3.36. The summed E-state index contributed by atoms with van der Waals surface area (Å²) in [6.07, 6.45) is 0.744. The van der Waals surface area contributed by atoms with E-state index in [1.807, 2.05) is 7.05 Å². The molecule has 0 aliphatic rings. The summed E-state index contributed by atoms with van der Waals surface area (Å²) in [4.78, 5) is 0. The Morgan fingerprint density at radius 1 is 1.42 bits per heavy atom. The molecule has 0 bridgehead atoms. The lowest BCUT2D eigenvalue weighted by atomic mass is 10.3. The minimum Gasteiger partial charge on any atom is -0.320 e. The van der Waals surface area contributed by atoms with Crippen molar-refractivity contribution in [3.8, 4) is 0 Å². The molecule has 0 saturated carbocycles. The number of anilines is 1. The van der Waals surface area contributed by atoms with Gasteiger partial charge in [0.05, 0.1) is 10.7 Å². The van der Waals surface area contributed by atoms with E-state index in [2.05, 4.69) is 32.6 Å². The molecule has 0 aliphatic heterocycles. The lowest BCUT2D eigenvalue weighted by Crippen LogP contribution is -2.34. The number of halogens is 2. The molecule has 8 heteroatoms. The SMILES string of the molecule is CNCCCN(C)S(=O)(=O)Nc1ccc(I)cc1Cl. The van der Waals surface area contributed by atoms with Gasteiger partial charge in [0.15, 0.2) is 0 Å². The maximum atomic E-state index is 12.1. The van der Waals surface area contributed by atoms with Crippen LogP contribution in [0.4, 0.5) is 5.69 Å². The summed E-state index contributed by atoms with van der Waals surface area (Å²) >= 11 is 8.12. The Morgan fingerprint density at radius 2 is 2.11 bits per heavy atom. The molecule has 1 rings (SSSR count). The summed E-state index contributed by atoms with van der Waals surface area (Å²) < 4.78 is 28.8. The first kappa shape index (κ1) is 17.0. The predicted molar refractivity (Wildman–Crippen MR) is 87.9 cm³/mol. The Bertz CT molecular complexity index is 525. The van der Waals surface area contributed by atoms with Crippen LogP contribution in [0.1, 0.15) is 6.42 Å². The third-order valence-corrected chi connectivity index (χ3v) is 4.94. The molecular weight excluding hydrogens is 401 g/mol. The largest absolute Gasteiger partial charge is 0.320 e. The molecule has 0 unspecified atom stereocenters. The summed E-state index contributed by atoms with van der Waals surface area (Å²) in [6, 6.07) is 5.16. The highest BCUT2D eigenvalue weighted by molar-refractivity contribution is 14.1. The Labute approximate surface area is 133 Å². The second-order valence-electron chi connectivity index (χ2n) is 4.01. The second-order valence-corrected chi connectivity index (χ2v) is 7.44. The van der Waals surface area contributed by atoms with Crippen LogP contribution in [-0.2, 0) is 10.2 Å². The summed E-state index contributed by atoms with van der Waals surface area (Å²) in [5.41, 5.74) is 0.391. The van der Waals surface area contributed by atoms with Crippen molar-refractivity contribution in [2.45, 2.75) is 6.42 Å². The molecule has 0 atom stereocenters. The van der Waals surface area contributed by atoms with E-state index in [9.17, 15) is 8.42 Å². The molecule has 0 aromatic heterocycles. The molecule has 0 saturated heterocycles. The zero-order valence-electron chi connectivity index (χ0n) is 10.8. The highest BCUT2D eigenvalue weighted by Gasteiger charge is 2.18. The Balaban J connectivity index is 2.73. The van der Waals surface area contributed by atoms with Crippen LogP contribution >= 0.6 is 34.2 Å². The molecule has 0 aliphatic carbocycles. The van der Waals surface area contributed by atoms with Crippen LogP contribution in [0.5, 0.6) is 0 Å². The van der Waals surface area contributed by atoms with Crippen molar-refractivity contribution >= 4 is 50.1 Å². The first-order valence-corrected chi connectivity index (χ1v) is 8.60. The number of nitrogens with zero attached hydrogens (tertiary/aromatic N) is 1. The summed E-state index contributed by atoms with van der Waals surface area (Å²) in [5.74, 6) is 0. The summed E-state index contributed by atoms with van der Waals surface area (Å²) in [6.45, 7) is 1.21. The zero-order chi connectivity index (χ0) is 14.5. The number of hydrogen-bond donors (Lipinski definition) is 2. The zero-order valence-corrected chi connectivity index (χ0v) is 14.5. The average molecular weight is 418 g/mol. The quantitative estimate of drug-likeness (QED) is 0.528. The van der Waals surface area contributed by atoms with E-state index >= 15 is 0 Å². The highest BCUT2D eigenvalue weighted by atomic mass is 127. The Morgan fingerprint density at radius 3 is 2.68 bits per heavy atom. The smallest absolute Gasteiger partial charge is 0.301 e. The molecule has 19 heavy (non-hydrogen) atoms. The topological polar surface area (TPSA) is 61.4 Å². The van der Waals surface area contributed by atoms with Crippen molar-refractivity contribution in [1.82, 2.24) is 9.62 Å². The lowest BCUT2D eigenvalue weighted by Gasteiger charge is -2.18. The number of nitrogens with one attached hydrogen (secondary N) is 2. The molecule has 0 heterocycles. The van der Waals surface area contributed by atoms with Crippen LogP contribution in [-0.4, -0.2) is 39.9 Å². The van der Waals surface area contributed by atoms with Crippen LogP contribution in [0, 0.1) is 3.57 Å². The van der Waals surface area contributed by atoms with Gasteiger partial charge in [0.25, 0.3) is 0 Å². The van der Waals surface area contributed by atoms with Crippen molar-refractivity contribution in [3.63, 3.8) is 0 Å². The molecular formula is C11H17ClIN3O2S.